The molecule has 0 radical (unpaired) electrons. The van der Waals surface area contributed by atoms with Gasteiger partial charge in [0.2, 0.25) is 0 Å². The van der Waals surface area contributed by atoms with E-state index in [1.807, 2.05) is 32.9 Å². The third-order valence-electron chi connectivity index (χ3n) is 5.36. The van der Waals surface area contributed by atoms with E-state index in [9.17, 15) is 9.59 Å². The SMILES string of the molecule is CCOc1ccc(NC(=O)Nc2ccc(N3CCCC3)c(C(=O)NC(C)CC)c2)cc1. The number of ether oxygens (including phenoxy) is 1. The van der Waals surface area contributed by atoms with Gasteiger partial charge in [0.15, 0.2) is 0 Å². The summed E-state index contributed by atoms with van der Waals surface area (Å²) in [5, 5.41) is 8.67. The highest BCUT2D eigenvalue weighted by molar-refractivity contribution is 6.04. The highest BCUT2D eigenvalue weighted by atomic mass is 16.5. The van der Waals surface area contributed by atoms with Gasteiger partial charge in [0.25, 0.3) is 5.91 Å². The summed E-state index contributed by atoms with van der Waals surface area (Å²) in [4.78, 5) is 27.6. The quantitative estimate of drug-likeness (QED) is 0.565. The number of hydrogen-bond acceptors (Lipinski definition) is 4. The summed E-state index contributed by atoms with van der Waals surface area (Å²) in [6.45, 7) is 8.41. The van der Waals surface area contributed by atoms with Gasteiger partial charge in [0.05, 0.1) is 12.2 Å². The predicted octanol–water partition coefficient (Wildman–Crippen LogP) is 4.86. The van der Waals surface area contributed by atoms with Gasteiger partial charge in [-0.05, 0) is 75.6 Å². The number of rotatable bonds is 8. The highest BCUT2D eigenvalue weighted by Crippen LogP contribution is 2.28. The fourth-order valence-electron chi connectivity index (χ4n) is 3.53. The van der Waals surface area contributed by atoms with Crippen LogP contribution in [0.2, 0.25) is 0 Å². The molecule has 2 aromatic rings. The Labute approximate surface area is 184 Å². The number of nitrogens with zero attached hydrogens (tertiary/aromatic N) is 1. The van der Waals surface area contributed by atoms with Gasteiger partial charge in [-0.2, -0.15) is 0 Å². The molecule has 0 bridgehead atoms. The number of amides is 3. The molecule has 31 heavy (non-hydrogen) atoms. The van der Waals surface area contributed by atoms with Gasteiger partial charge >= 0.3 is 6.03 Å². The van der Waals surface area contributed by atoms with E-state index in [0.717, 1.165) is 43.8 Å². The zero-order valence-corrected chi connectivity index (χ0v) is 18.5. The van der Waals surface area contributed by atoms with Crippen molar-refractivity contribution in [3.8, 4) is 5.75 Å². The van der Waals surface area contributed by atoms with Crippen LogP contribution in [0.4, 0.5) is 21.9 Å². The molecule has 0 aromatic heterocycles. The normalized spacial score (nSPS) is 14.1. The zero-order chi connectivity index (χ0) is 22.2. The van der Waals surface area contributed by atoms with Gasteiger partial charge in [-0.3, -0.25) is 4.79 Å². The number of hydrogen-bond donors (Lipinski definition) is 3. The molecule has 1 saturated heterocycles. The topological polar surface area (TPSA) is 82.7 Å². The van der Waals surface area contributed by atoms with Crippen molar-refractivity contribution in [1.82, 2.24) is 5.32 Å². The minimum absolute atomic E-state index is 0.0819. The van der Waals surface area contributed by atoms with Crippen LogP contribution in [0, 0.1) is 0 Å². The maximum atomic E-state index is 12.9. The first-order chi connectivity index (χ1) is 15.0. The fraction of sp³-hybridized carbons (Fsp3) is 0.417. The number of benzene rings is 2. The average molecular weight is 425 g/mol. The lowest BCUT2D eigenvalue weighted by Gasteiger charge is -2.23. The predicted molar refractivity (Wildman–Crippen MR) is 125 cm³/mol. The van der Waals surface area contributed by atoms with E-state index < -0.39 is 0 Å². The lowest BCUT2D eigenvalue weighted by atomic mass is 10.1. The minimum atomic E-state index is -0.369. The van der Waals surface area contributed by atoms with Crippen molar-refractivity contribution in [3.05, 3.63) is 48.0 Å². The van der Waals surface area contributed by atoms with E-state index in [2.05, 4.69) is 20.9 Å². The minimum Gasteiger partial charge on any atom is -0.494 e. The molecule has 2 aromatic carbocycles. The average Bonchev–Trinajstić information content (AvgIpc) is 3.30. The molecule has 1 unspecified atom stereocenters. The van der Waals surface area contributed by atoms with Crippen molar-refractivity contribution in [1.29, 1.82) is 0 Å². The molecule has 3 amide bonds. The Bertz CT molecular complexity index is 892. The summed E-state index contributed by atoms with van der Waals surface area (Å²) in [5.74, 6) is 0.634. The molecule has 7 nitrogen and oxygen atoms in total. The fourth-order valence-corrected chi connectivity index (χ4v) is 3.53. The summed E-state index contributed by atoms with van der Waals surface area (Å²) in [5.41, 5.74) is 2.72. The molecule has 166 valence electrons. The van der Waals surface area contributed by atoms with Crippen LogP contribution in [0.15, 0.2) is 42.5 Å². The van der Waals surface area contributed by atoms with Crippen molar-refractivity contribution < 1.29 is 14.3 Å². The second kappa shape index (κ2) is 10.7. The van der Waals surface area contributed by atoms with Crippen LogP contribution in [0.3, 0.4) is 0 Å². The Balaban J connectivity index is 1.73. The maximum absolute atomic E-state index is 12.9. The van der Waals surface area contributed by atoms with Crippen LogP contribution in [0.1, 0.15) is 50.4 Å². The van der Waals surface area contributed by atoms with Gasteiger partial charge in [-0.1, -0.05) is 6.92 Å². The summed E-state index contributed by atoms with van der Waals surface area (Å²) in [7, 11) is 0. The van der Waals surface area contributed by atoms with Crippen molar-refractivity contribution in [2.45, 2.75) is 46.1 Å². The van der Waals surface area contributed by atoms with Gasteiger partial charge in [0.1, 0.15) is 5.75 Å². The number of anilines is 3. The third kappa shape index (κ3) is 6.13. The van der Waals surface area contributed by atoms with Gasteiger partial charge < -0.3 is 25.6 Å². The largest absolute Gasteiger partial charge is 0.494 e. The summed E-state index contributed by atoms with van der Waals surface area (Å²) in [6.07, 6.45) is 3.10. The summed E-state index contributed by atoms with van der Waals surface area (Å²) in [6, 6.07) is 12.4. The lowest BCUT2D eigenvalue weighted by molar-refractivity contribution is 0.0939. The number of urea groups is 1. The first kappa shape index (κ1) is 22.5. The van der Waals surface area contributed by atoms with Crippen LogP contribution in [-0.2, 0) is 0 Å². The number of carbonyl (C=O) groups is 2. The van der Waals surface area contributed by atoms with E-state index >= 15 is 0 Å². The van der Waals surface area contributed by atoms with E-state index in [1.54, 1.807) is 30.3 Å². The van der Waals surface area contributed by atoms with Crippen molar-refractivity contribution in [3.63, 3.8) is 0 Å². The van der Waals surface area contributed by atoms with E-state index in [1.165, 1.54) is 0 Å². The molecule has 3 rings (SSSR count). The third-order valence-corrected chi connectivity index (χ3v) is 5.36. The van der Waals surface area contributed by atoms with Crippen molar-refractivity contribution >= 4 is 29.0 Å². The van der Waals surface area contributed by atoms with Crippen LogP contribution in [0.25, 0.3) is 0 Å². The molecule has 1 heterocycles. The Morgan fingerprint density at radius 1 is 1.00 bits per heavy atom. The summed E-state index contributed by atoms with van der Waals surface area (Å²) >= 11 is 0. The standard InChI is InChI=1S/C24H32N4O3/c1-4-17(3)25-23(29)21-16-19(10-13-22(21)28-14-6-7-15-28)27-24(30)26-18-8-11-20(12-9-18)31-5-2/h8-13,16-17H,4-7,14-15H2,1-3H3,(H,25,29)(H2,26,27,30). The molecule has 1 aliphatic rings. The molecule has 1 aliphatic heterocycles. The smallest absolute Gasteiger partial charge is 0.323 e. The molecule has 0 saturated carbocycles. The molecular formula is C24H32N4O3. The number of nitrogens with one attached hydrogen (secondary N) is 3. The molecule has 7 heteroatoms. The van der Waals surface area contributed by atoms with Crippen LogP contribution < -0.4 is 25.6 Å². The van der Waals surface area contributed by atoms with Crippen LogP contribution in [0.5, 0.6) is 5.75 Å². The second-order valence-electron chi connectivity index (χ2n) is 7.75. The molecule has 0 aliphatic carbocycles. The molecule has 3 N–H and O–H groups in total. The van der Waals surface area contributed by atoms with E-state index in [4.69, 9.17) is 4.74 Å². The molecule has 1 atom stereocenters. The first-order valence-electron chi connectivity index (χ1n) is 11.0. The lowest BCUT2D eigenvalue weighted by Crippen LogP contribution is -2.33. The molecule has 1 fully saturated rings. The Hall–Kier alpha value is -3.22. The zero-order valence-electron chi connectivity index (χ0n) is 18.5. The number of carbonyl (C=O) groups excluding carboxylic acids is 2. The van der Waals surface area contributed by atoms with Crippen molar-refractivity contribution in [2.75, 3.05) is 35.2 Å². The van der Waals surface area contributed by atoms with Crippen LogP contribution in [-0.4, -0.2) is 37.7 Å². The first-order valence-corrected chi connectivity index (χ1v) is 11.0. The van der Waals surface area contributed by atoms with E-state index in [-0.39, 0.29) is 18.0 Å². The van der Waals surface area contributed by atoms with Gasteiger partial charge in [-0.25, -0.2) is 4.79 Å². The summed E-state index contributed by atoms with van der Waals surface area (Å²) < 4.78 is 5.42. The maximum Gasteiger partial charge on any atom is 0.323 e. The Morgan fingerprint density at radius 2 is 1.65 bits per heavy atom. The van der Waals surface area contributed by atoms with Crippen molar-refractivity contribution in [2.24, 2.45) is 0 Å². The molecular weight excluding hydrogens is 392 g/mol. The highest BCUT2D eigenvalue weighted by Gasteiger charge is 2.21. The second-order valence-corrected chi connectivity index (χ2v) is 7.75. The van der Waals surface area contributed by atoms with E-state index in [0.29, 0.717) is 23.5 Å². The monoisotopic (exact) mass is 424 g/mol. The van der Waals surface area contributed by atoms with Gasteiger partial charge in [0, 0.05) is 36.2 Å². The molecule has 0 spiro atoms. The van der Waals surface area contributed by atoms with Gasteiger partial charge in [-0.15, -0.1) is 0 Å². The van der Waals surface area contributed by atoms with Crippen LogP contribution >= 0.6 is 0 Å². The Morgan fingerprint density at radius 3 is 2.29 bits per heavy atom. The Kier molecular flexibility index (Phi) is 7.76.